The van der Waals surface area contributed by atoms with Crippen molar-refractivity contribution in [2.45, 2.75) is 75.2 Å². The minimum absolute atomic E-state index is 0.114. The molecule has 216 valence electrons. The quantitative estimate of drug-likeness (QED) is 0.465. The smallest absolute Gasteiger partial charge is 0.298 e. The van der Waals surface area contributed by atoms with Gasteiger partial charge in [0, 0.05) is 49.1 Å². The van der Waals surface area contributed by atoms with Gasteiger partial charge in [-0.25, -0.2) is 0 Å². The van der Waals surface area contributed by atoms with Crippen LogP contribution in [0.4, 0.5) is 0 Å². The zero-order valence-electron chi connectivity index (χ0n) is 24.6. The van der Waals surface area contributed by atoms with Gasteiger partial charge in [-0.2, -0.15) is 0 Å². The highest BCUT2D eigenvalue weighted by Crippen LogP contribution is 2.65. The predicted octanol–water partition coefficient (Wildman–Crippen LogP) is 4.28. The summed E-state index contributed by atoms with van der Waals surface area (Å²) in [5, 5.41) is 23.8. The molecule has 0 unspecified atom stereocenters. The van der Waals surface area contributed by atoms with Crippen molar-refractivity contribution in [3.05, 3.63) is 94.0 Å². The lowest BCUT2D eigenvalue weighted by molar-refractivity contribution is -0.197. The molecule has 0 radical (unpaired) electrons. The van der Waals surface area contributed by atoms with E-state index >= 15 is 0 Å². The second-order valence-electron chi connectivity index (χ2n) is 12.8. The summed E-state index contributed by atoms with van der Waals surface area (Å²) in [6, 6.07) is 19.8. The van der Waals surface area contributed by atoms with Crippen LogP contribution in [0.3, 0.4) is 0 Å². The molecule has 7 rings (SSSR count). The molecule has 6 heteroatoms. The highest BCUT2D eigenvalue weighted by Gasteiger charge is 2.72. The number of nitrogens with zero attached hydrogens (tertiary/aromatic N) is 2. The number of phenols is 1. The van der Waals surface area contributed by atoms with Gasteiger partial charge in [0.05, 0.1) is 11.0 Å². The summed E-state index contributed by atoms with van der Waals surface area (Å²) in [7, 11) is 1.79. The highest BCUT2D eigenvalue weighted by molar-refractivity contribution is 5.94. The number of benzene rings is 3. The maximum absolute atomic E-state index is 13.4. The maximum Gasteiger partial charge on any atom is 0.298 e. The summed E-state index contributed by atoms with van der Waals surface area (Å²) < 4.78 is 6.55. The molecule has 5 atom stereocenters. The number of hydrogen-bond acceptors (Lipinski definition) is 5. The Hall–Kier alpha value is -3.79. The molecule has 42 heavy (non-hydrogen) atoms. The molecule has 1 spiro atoms. The van der Waals surface area contributed by atoms with E-state index in [2.05, 4.69) is 47.9 Å². The molecule has 2 fully saturated rings. The summed E-state index contributed by atoms with van der Waals surface area (Å²) in [6.45, 7) is 5.80. The van der Waals surface area contributed by atoms with Crippen molar-refractivity contribution in [1.82, 2.24) is 9.80 Å². The highest BCUT2D eigenvalue weighted by atomic mass is 16.5. The molecule has 2 bridgehead atoms. The van der Waals surface area contributed by atoms with Crippen LogP contribution >= 0.6 is 0 Å². The number of carbonyl (C=O) groups is 1. The first-order chi connectivity index (χ1) is 20.2. The summed E-state index contributed by atoms with van der Waals surface area (Å²) in [4.78, 5) is 17.5. The van der Waals surface area contributed by atoms with E-state index in [9.17, 15) is 15.0 Å². The molecule has 2 aliphatic carbocycles. The minimum atomic E-state index is -1.11. The Morgan fingerprint density at radius 2 is 1.93 bits per heavy atom. The van der Waals surface area contributed by atoms with Crippen LogP contribution in [0.5, 0.6) is 11.5 Å². The molecule has 1 saturated heterocycles. The Labute approximate surface area is 247 Å². The first-order valence-corrected chi connectivity index (χ1v) is 15.1. The van der Waals surface area contributed by atoms with Crippen molar-refractivity contribution in [2.24, 2.45) is 0 Å². The SMILES string of the molecule is Cc1ccc(C#CC(=O)N(C)[C@H]2C[C@@H]3Oc4c(O)ccc5c4[C@@]34CCN(CCc3ccccc3)[C@H](C5)[C@]4(O)C2)cc1C. The van der Waals surface area contributed by atoms with Crippen LogP contribution in [0, 0.1) is 25.7 Å². The van der Waals surface area contributed by atoms with Crippen LogP contribution in [0.15, 0.2) is 60.7 Å². The molecule has 3 aromatic carbocycles. The Balaban J connectivity index is 1.21. The largest absolute Gasteiger partial charge is 0.504 e. The zero-order valence-corrected chi connectivity index (χ0v) is 24.6. The van der Waals surface area contributed by atoms with Gasteiger partial charge in [-0.1, -0.05) is 48.4 Å². The van der Waals surface area contributed by atoms with Gasteiger partial charge in [-0.05, 0) is 86.5 Å². The van der Waals surface area contributed by atoms with Crippen molar-refractivity contribution in [3.8, 4) is 23.3 Å². The van der Waals surface area contributed by atoms with Crippen LogP contribution in [0.1, 0.15) is 52.6 Å². The molecular weight excluding hydrogens is 524 g/mol. The predicted molar refractivity (Wildman–Crippen MR) is 162 cm³/mol. The average molecular weight is 563 g/mol. The summed E-state index contributed by atoms with van der Waals surface area (Å²) in [6.07, 6.45) is 3.04. The van der Waals surface area contributed by atoms with Crippen LogP contribution in [0.25, 0.3) is 0 Å². The lowest BCUT2D eigenvalue weighted by atomic mass is 9.48. The van der Waals surface area contributed by atoms with Crippen molar-refractivity contribution >= 4 is 5.91 Å². The van der Waals surface area contributed by atoms with E-state index in [0.29, 0.717) is 25.0 Å². The number of aliphatic hydroxyl groups is 1. The molecule has 2 N–H and O–H groups in total. The molecule has 6 nitrogen and oxygen atoms in total. The fraction of sp³-hybridized carbons (Fsp3) is 0.417. The number of hydrogen-bond donors (Lipinski definition) is 2. The second kappa shape index (κ2) is 9.90. The van der Waals surface area contributed by atoms with E-state index in [4.69, 9.17) is 4.74 Å². The summed E-state index contributed by atoms with van der Waals surface area (Å²) >= 11 is 0. The third-order valence-electron chi connectivity index (χ3n) is 10.7. The molecule has 4 aliphatic rings. The number of piperidine rings is 1. The monoisotopic (exact) mass is 562 g/mol. The van der Waals surface area contributed by atoms with Crippen molar-refractivity contribution < 1.29 is 19.7 Å². The van der Waals surface area contributed by atoms with Crippen LogP contribution in [-0.2, 0) is 23.1 Å². The number of aryl methyl sites for hydroxylation is 2. The van der Waals surface area contributed by atoms with E-state index in [1.54, 1.807) is 18.0 Å². The van der Waals surface area contributed by atoms with Gasteiger partial charge < -0.3 is 19.8 Å². The fourth-order valence-corrected chi connectivity index (χ4v) is 8.31. The van der Waals surface area contributed by atoms with Gasteiger partial charge in [0.1, 0.15) is 6.10 Å². The third kappa shape index (κ3) is 3.98. The van der Waals surface area contributed by atoms with Crippen LogP contribution in [0.2, 0.25) is 0 Å². The van der Waals surface area contributed by atoms with E-state index in [1.807, 2.05) is 37.3 Å². The van der Waals surface area contributed by atoms with Gasteiger partial charge in [-0.15, -0.1) is 0 Å². The van der Waals surface area contributed by atoms with Gasteiger partial charge >= 0.3 is 0 Å². The van der Waals surface area contributed by atoms with E-state index in [1.165, 1.54) is 11.1 Å². The van der Waals surface area contributed by atoms with Gasteiger partial charge in [0.2, 0.25) is 0 Å². The summed E-state index contributed by atoms with van der Waals surface area (Å²) in [5.74, 6) is 6.28. The van der Waals surface area contributed by atoms with Gasteiger partial charge in [0.25, 0.3) is 5.91 Å². The van der Waals surface area contributed by atoms with Crippen LogP contribution in [-0.4, -0.2) is 69.8 Å². The van der Waals surface area contributed by atoms with Gasteiger partial charge in [-0.3, -0.25) is 9.69 Å². The first-order valence-electron chi connectivity index (χ1n) is 15.1. The van der Waals surface area contributed by atoms with Gasteiger partial charge in [0.15, 0.2) is 11.5 Å². The normalized spacial score (nSPS) is 28.7. The third-order valence-corrected chi connectivity index (χ3v) is 10.7. The Morgan fingerprint density at radius 3 is 2.71 bits per heavy atom. The molecule has 2 heterocycles. The zero-order chi connectivity index (χ0) is 29.2. The molecule has 2 aliphatic heterocycles. The van der Waals surface area contributed by atoms with Crippen LogP contribution < -0.4 is 4.74 Å². The average Bonchev–Trinajstić information content (AvgIpc) is 3.33. The fourth-order valence-electron chi connectivity index (χ4n) is 8.31. The lowest BCUT2D eigenvalue weighted by Gasteiger charge is -2.64. The number of ether oxygens (including phenoxy) is 1. The molecule has 1 amide bonds. The second-order valence-corrected chi connectivity index (χ2v) is 12.8. The lowest BCUT2D eigenvalue weighted by Crippen LogP contribution is -2.77. The summed E-state index contributed by atoms with van der Waals surface area (Å²) in [5.41, 5.74) is 4.87. The molecule has 3 aromatic rings. The number of likely N-dealkylation sites (tertiary alicyclic amines) is 1. The number of phenolic OH excluding ortho intramolecular Hbond substituents is 1. The van der Waals surface area contributed by atoms with E-state index in [0.717, 1.165) is 48.2 Å². The minimum Gasteiger partial charge on any atom is -0.504 e. The van der Waals surface area contributed by atoms with E-state index in [-0.39, 0.29) is 29.8 Å². The molecule has 1 saturated carbocycles. The van der Waals surface area contributed by atoms with Crippen molar-refractivity contribution in [2.75, 3.05) is 20.1 Å². The Morgan fingerprint density at radius 1 is 1.12 bits per heavy atom. The Kier molecular flexibility index (Phi) is 6.38. The maximum atomic E-state index is 13.4. The number of carbonyl (C=O) groups excluding carboxylic acids is 1. The number of amides is 1. The van der Waals surface area contributed by atoms with E-state index < -0.39 is 11.0 Å². The standard InChI is InChI=1S/C36H38N2O4/c1-23-9-10-26(19-24(23)2)11-14-32(40)37(3)28-21-31-35-16-18-38(17-15-25-7-5-4-6-8-25)30(36(35,41)22-28)20-27-12-13-29(39)34(42-31)33(27)35/h4-10,12-13,19,28,30-31,39,41H,15-18,20-22H2,1-3H3/t28-,30+,31-,35+,36+/m0/s1. The Bertz CT molecular complexity index is 1620. The van der Waals surface area contributed by atoms with Crippen molar-refractivity contribution in [1.29, 1.82) is 0 Å². The van der Waals surface area contributed by atoms with Crippen molar-refractivity contribution in [3.63, 3.8) is 0 Å². The first kappa shape index (κ1) is 27.1. The topological polar surface area (TPSA) is 73.2 Å². The molecule has 0 aromatic heterocycles. The number of rotatable bonds is 4. The molecular formula is C36H38N2O4. The number of aromatic hydroxyl groups is 1.